The summed E-state index contributed by atoms with van der Waals surface area (Å²) < 4.78 is 0. The van der Waals surface area contributed by atoms with Crippen molar-refractivity contribution in [2.45, 2.75) is 25.7 Å². The van der Waals surface area contributed by atoms with Gasteiger partial charge in [-0.3, -0.25) is 20.3 Å². The number of carbonyl (C=O) groups excluding carboxylic acids is 1. The van der Waals surface area contributed by atoms with Crippen molar-refractivity contribution in [3.05, 3.63) is 33.9 Å². The van der Waals surface area contributed by atoms with E-state index in [0.717, 1.165) is 31.6 Å². The maximum absolute atomic E-state index is 11.5. The van der Waals surface area contributed by atoms with E-state index in [1.165, 1.54) is 18.6 Å². The first kappa shape index (κ1) is 14.3. The van der Waals surface area contributed by atoms with Gasteiger partial charge in [-0.25, -0.2) is 5.84 Å². The zero-order valence-electron chi connectivity index (χ0n) is 11.2. The van der Waals surface area contributed by atoms with Gasteiger partial charge in [0.05, 0.1) is 11.3 Å². The van der Waals surface area contributed by atoms with Crippen LogP contribution in [0, 0.1) is 10.1 Å². The first-order valence-corrected chi connectivity index (χ1v) is 6.63. The quantitative estimate of drug-likeness (QED) is 0.372. The summed E-state index contributed by atoms with van der Waals surface area (Å²) in [5.74, 6) is 4.74. The lowest BCUT2D eigenvalue weighted by Gasteiger charge is -2.30. The molecule has 0 atom stereocenters. The van der Waals surface area contributed by atoms with E-state index in [4.69, 9.17) is 5.84 Å². The molecule has 1 heterocycles. The molecule has 3 N–H and O–H groups in total. The van der Waals surface area contributed by atoms with Crippen LogP contribution in [-0.4, -0.2) is 23.9 Å². The van der Waals surface area contributed by atoms with Gasteiger partial charge in [-0.1, -0.05) is 0 Å². The zero-order valence-corrected chi connectivity index (χ0v) is 11.2. The molecule has 1 aromatic rings. The highest BCUT2D eigenvalue weighted by molar-refractivity contribution is 5.80. The molecular formula is C13H18N4O3. The molecule has 20 heavy (non-hydrogen) atoms. The summed E-state index contributed by atoms with van der Waals surface area (Å²) in [5.41, 5.74) is 3.59. The molecule has 1 amide bonds. The zero-order chi connectivity index (χ0) is 14.5. The molecule has 7 heteroatoms. The van der Waals surface area contributed by atoms with Crippen molar-refractivity contribution < 1.29 is 9.72 Å². The number of piperidine rings is 1. The number of non-ortho nitro benzene ring substituents is 1. The molecular weight excluding hydrogens is 260 g/mol. The average molecular weight is 278 g/mol. The van der Waals surface area contributed by atoms with Gasteiger partial charge in [0.2, 0.25) is 5.91 Å². The largest absolute Gasteiger partial charge is 0.371 e. The monoisotopic (exact) mass is 278 g/mol. The molecule has 1 aromatic carbocycles. The molecule has 108 valence electrons. The van der Waals surface area contributed by atoms with Gasteiger partial charge >= 0.3 is 0 Å². The number of nitrogens with two attached hydrogens (primary N) is 1. The Kier molecular flexibility index (Phi) is 4.52. The van der Waals surface area contributed by atoms with Crippen LogP contribution >= 0.6 is 0 Å². The van der Waals surface area contributed by atoms with Crippen molar-refractivity contribution in [2.75, 3.05) is 18.0 Å². The summed E-state index contributed by atoms with van der Waals surface area (Å²) in [6.45, 7) is 1.82. The number of amides is 1. The number of nitro groups is 1. The van der Waals surface area contributed by atoms with E-state index >= 15 is 0 Å². The Morgan fingerprint density at radius 1 is 1.35 bits per heavy atom. The Labute approximate surface area is 116 Å². The van der Waals surface area contributed by atoms with Crippen molar-refractivity contribution in [3.63, 3.8) is 0 Å². The van der Waals surface area contributed by atoms with Crippen molar-refractivity contribution in [1.29, 1.82) is 0 Å². The van der Waals surface area contributed by atoms with Crippen molar-refractivity contribution in [1.82, 2.24) is 5.43 Å². The Bertz CT molecular complexity index is 512. The first-order valence-electron chi connectivity index (χ1n) is 6.63. The molecule has 1 saturated heterocycles. The third-order valence-electron chi connectivity index (χ3n) is 3.48. The second-order valence-electron chi connectivity index (χ2n) is 4.86. The summed E-state index contributed by atoms with van der Waals surface area (Å²) in [7, 11) is 0. The molecule has 0 bridgehead atoms. The minimum atomic E-state index is -0.455. The molecule has 0 radical (unpaired) electrons. The normalized spacial score (nSPS) is 14.9. The fraction of sp³-hybridized carbons (Fsp3) is 0.462. The van der Waals surface area contributed by atoms with Crippen LogP contribution in [0.1, 0.15) is 24.8 Å². The van der Waals surface area contributed by atoms with Crippen LogP contribution in [-0.2, 0) is 11.2 Å². The van der Waals surface area contributed by atoms with Crippen molar-refractivity contribution in [2.24, 2.45) is 5.84 Å². The van der Waals surface area contributed by atoms with Gasteiger partial charge in [0.1, 0.15) is 0 Å². The number of nitro benzene ring substituents is 1. The number of carbonyl (C=O) groups is 1. The maximum atomic E-state index is 11.5. The molecule has 0 saturated carbocycles. The van der Waals surface area contributed by atoms with Gasteiger partial charge < -0.3 is 4.90 Å². The summed E-state index contributed by atoms with van der Waals surface area (Å²) >= 11 is 0. The van der Waals surface area contributed by atoms with E-state index in [9.17, 15) is 14.9 Å². The van der Waals surface area contributed by atoms with Crippen molar-refractivity contribution >= 4 is 17.3 Å². The summed E-state index contributed by atoms with van der Waals surface area (Å²) in [4.78, 5) is 24.1. The highest BCUT2D eigenvalue weighted by Gasteiger charge is 2.19. The van der Waals surface area contributed by atoms with E-state index in [1.54, 1.807) is 6.07 Å². The standard InChI is InChI=1S/C13H18N4O3/c14-15-13(18)9-10-8-11(17(19)20)4-5-12(10)16-6-2-1-3-7-16/h4-5,8H,1-3,6-7,9,14H2,(H,15,18). The van der Waals surface area contributed by atoms with E-state index in [0.29, 0.717) is 5.56 Å². The minimum Gasteiger partial charge on any atom is -0.371 e. The summed E-state index contributed by atoms with van der Waals surface area (Å²) in [6.07, 6.45) is 3.44. The van der Waals surface area contributed by atoms with Gasteiger partial charge in [0, 0.05) is 30.9 Å². The summed E-state index contributed by atoms with van der Waals surface area (Å²) in [5, 5.41) is 10.9. The van der Waals surface area contributed by atoms with Crippen LogP contribution in [0.4, 0.5) is 11.4 Å². The lowest BCUT2D eigenvalue weighted by Crippen LogP contribution is -2.33. The molecule has 0 unspecified atom stereocenters. The summed E-state index contributed by atoms with van der Waals surface area (Å²) in [6, 6.07) is 4.66. The van der Waals surface area contributed by atoms with Gasteiger partial charge in [-0.15, -0.1) is 0 Å². The second-order valence-corrected chi connectivity index (χ2v) is 4.86. The number of hydrogen-bond acceptors (Lipinski definition) is 5. The van der Waals surface area contributed by atoms with Crippen LogP contribution in [0.5, 0.6) is 0 Å². The second kappa shape index (κ2) is 6.33. The molecule has 1 fully saturated rings. The van der Waals surface area contributed by atoms with Gasteiger partial charge in [-0.2, -0.15) is 0 Å². The number of nitrogens with one attached hydrogen (secondary N) is 1. The average Bonchev–Trinajstić information content (AvgIpc) is 2.47. The molecule has 0 aliphatic carbocycles. The minimum absolute atomic E-state index is 0.00872. The van der Waals surface area contributed by atoms with Gasteiger partial charge in [0.15, 0.2) is 0 Å². The number of hydrazine groups is 1. The molecule has 0 spiro atoms. The number of hydrogen-bond donors (Lipinski definition) is 2. The molecule has 1 aliphatic heterocycles. The fourth-order valence-electron chi connectivity index (χ4n) is 2.49. The smallest absolute Gasteiger partial charge is 0.269 e. The number of anilines is 1. The SMILES string of the molecule is NNC(=O)Cc1cc([N+](=O)[O-])ccc1N1CCCCC1. The van der Waals surface area contributed by atoms with E-state index in [1.807, 2.05) is 0 Å². The van der Waals surface area contributed by atoms with Crippen LogP contribution in [0.2, 0.25) is 0 Å². The predicted octanol–water partition coefficient (Wildman–Crippen LogP) is 1.12. The number of benzene rings is 1. The Morgan fingerprint density at radius 3 is 2.65 bits per heavy atom. The highest BCUT2D eigenvalue weighted by atomic mass is 16.6. The van der Waals surface area contributed by atoms with E-state index < -0.39 is 4.92 Å². The van der Waals surface area contributed by atoms with E-state index in [2.05, 4.69) is 10.3 Å². The molecule has 0 aromatic heterocycles. The molecule has 2 rings (SSSR count). The lowest BCUT2D eigenvalue weighted by molar-refractivity contribution is -0.384. The van der Waals surface area contributed by atoms with Crippen LogP contribution < -0.4 is 16.2 Å². The Morgan fingerprint density at radius 2 is 2.05 bits per heavy atom. The third-order valence-corrected chi connectivity index (χ3v) is 3.48. The van der Waals surface area contributed by atoms with Crippen LogP contribution in [0.25, 0.3) is 0 Å². The Balaban J connectivity index is 2.32. The van der Waals surface area contributed by atoms with Crippen LogP contribution in [0.3, 0.4) is 0 Å². The molecule has 7 nitrogen and oxygen atoms in total. The third kappa shape index (κ3) is 3.24. The lowest BCUT2D eigenvalue weighted by atomic mass is 10.0. The highest BCUT2D eigenvalue weighted by Crippen LogP contribution is 2.28. The topological polar surface area (TPSA) is 101 Å². The predicted molar refractivity (Wildman–Crippen MR) is 75.2 cm³/mol. The fourth-order valence-corrected chi connectivity index (χ4v) is 2.49. The van der Waals surface area contributed by atoms with Crippen molar-refractivity contribution in [3.8, 4) is 0 Å². The Hall–Kier alpha value is -2.15. The van der Waals surface area contributed by atoms with E-state index in [-0.39, 0.29) is 18.0 Å². The van der Waals surface area contributed by atoms with Gasteiger partial charge in [0.25, 0.3) is 5.69 Å². The maximum Gasteiger partial charge on any atom is 0.269 e. The number of nitrogens with zero attached hydrogens (tertiary/aromatic N) is 2. The first-order chi connectivity index (χ1) is 9.61. The number of rotatable bonds is 4. The van der Waals surface area contributed by atoms with Crippen LogP contribution in [0.15, 0.2) is 18.2 Å². The molecule has 1 aliphatic rings. The van der Waals surface area contributed by atoms with Gasteiger partial charge in [-0.05, 0) is 30.9 Å².